The molecule has 2 aromatic rings. The summed E-state index contributed by atoms with van der Waals surface area (Å²) in [6.07, 6.45) is 5.00. The summed E-state index contributed by atoms with van der Waals surface area (Å²) in [5.74, 6) is 0.958. The second-order valence-corrected chi connectivity index (χ2v) is 5.02. The van der Waals surface area contributed by atoms with Crippen LogP contribution in [0.2, 0.25) is 5.02 Å². The lowest BCUT2D eigenvalue weighted by Crippen LogP contribution is -1.90. The molecule has 0 fully saturated rings. The SMILES string of the molecule is Nc1cc(C=Cc2ccc(Cl)cc2)c2c(c1)CCO2. The molecule has 0 amide bonds. The lowest BCUT2D eigenvalue weighted by Gasteiger charge is -2.05. The van der Waals surface area contributed by atoms with E-state index < -0.39 is 0 Å². The van der Waals surface area contributed by atoms with Crippen LogP contribution in [0.1, 0.15) is 16.7 Å². The first-order chi connectivity index (χ1) is 9.22. The number of hydrogen-bond acceptors (Lipinski definition) is 2. The minimum Gasteiger partial charge on any atom is -0.492 e. The van der Waals surface area contributed by atoms with Crippen LogP contribution in [0.4, 0.5) is 5.69 Å². The first kappa shape index (κ1) is 12.1. The van der Waals surface area contributed by atoms with Crippen molar-refractivity contribution in [2.75, 3.05) is 12.3 Å². The Kier molecular flexibility index (Phi) is 3.18. The molecule has 0 unspecified atom stereocenters. The van der Waals surface area contributed by atoms with Crippen molar-refractivity contribution in [3.8, 4) is 5.75 Å². The van der Waals surface area contributed by atoms with Gasteiger partial charge in [0.25, 0.3) is 0 Å². The normalized spacial score (nSPS) is 13.5. The van der Waals surface area contributed by atoms with Crippen LogP contribution in [0.3, 0.4) is 0 Å². The molecule has 0 radical (unpaired) electrons. The predicted octanol–water partition coefficient (Wildman–Crippen LogP) is 4.03. The minimum atomic E-state index is 0.737. The molecule has 0 aliphatic carbocycles. The van der Waals surface area contributed by atoms with Crippen LogP contribution < -0.4 is 10.5 Å². The van der Waals surface area contributed by atoms with Crippen molar-refractivity contribution in [2.24, 2.45) is 0 Å². The van der Waals surface area contributed by atoms with Crippen molar-refractivity contribution in [3.05, 3.63) is 58.1 Å². The van der Waals surface area contributed by atoms with Gasteiger partial charge in [-0.2, -0.15) is 0 Å². The van der Waals surface area contributed by atoms with Gasteiger partial charge in [-0.05, 0) is 29.8 Å². The van der Waals surface area contributed by atoms with Crippen molar-refractivity contribution in [1.82, 2.24) is 0 Å². The first-order valence-electron chi connectivity index (χ1n) is 6.21. The molecular weight excluding hydrogens is 258 g/mol. The molecule has 0 spiro atoms. The van der Waals surface area contributed by atoms with E-state index in [1.807, 2.05) is 48.6 Å². The third-order valence-electron chi connectivity index (χ3n) is 3.16. The first-order valence-corrected chi connectivity index (χ1v) is 6.59. The number of nitrogens with two attached hydrogens (primary N) is 1. The van der Waals surface area contributed by atoms with E-state index in [-0.39, 0.29) is 0 Å². The third-order valence-corrected chi connectivity index (χ3v) is 3.41. The zero-order valence-corrected chi connectivity index (χ0v) is 11.2. The molecule has 96 valence electrons. The minimum absolute atomic E-state index is 0.737. The molecule has 1 aliphatic rings. The molecule has 0 bridgehead atoms. The number of hydrogen-bond donors (Lipinski definition) is 1. The second kappa shape index (κ2) is 4.98. The summed E-state index contributed by atoms with van der Waals surface area (Å²) in [5.41, 5.74) is 10.0. The fourth-order valence-corrected chi connectivity index (χ4v) is 2.37. The Hall–Kier alpha value is -1.93. The predicted molar refractivity (Wildman–Crippen MR) is 80.4 cm³/mol. The van der Waals surface area contributed by atoms with Gasteiger partial charge in [0, 0.05) is 28.3 Å². The maximum atomic E-state index is 5.91. The zero-order chi connectivity index (χ0) is 13.2. The summed E-state index contributed by atoms with van der Waals surface area (Å²) in [4.78, 5) is 0. The molecule has 0 saturated carbocycles. The van der Waals surface area contributed by atoms with Gasteiger partial charge < -0.3 is 10.5 Å². The number of rotatable bonds is 2. The summed E-state index contributed by atoms with van der Waals surface area (Å²) >= 11 is 5.87. The average Bonchev–Trinajstić information content (AvgIpc) is 2.85. The largest absolute Gasteiger partial charge is 0.492 e. The standard InChI is InChI=1S/C16H14ClNO/c17-14-5-2-11(3-6-14)1-4-12-9-15(18)10-13-7-8-19-16(12)13/h1-6,9-10H,7-8,18H2. The van der Waals surface area contributed by atoms with Crippen molar-refractivity contribution in [3.63, 3.8) is 0 Å². The lowest BCUT2D eigenvalue weighted by atomic mass is 10.1. The fraction of sp³-hybridized carbons (Fsp3) is 0.125. The van der Waals surface area contributed by atoms with Crippen LogP contribution in [0, 0.1) is 0 Å². The van der Waals surface area contributed by atoms with E-state index in [2.05, 4.69) is 0 Å². The highest BCUT2D eigenvalue weighted by Gasteiger charge is 2.15. The van der Waals surface area contributed by atoms with E-state index >= 15 is 0 Å². The Balaban J connectivity index is 1.93. The number of fused-ring (bicyclic) bond motifs is 1. The van der Waals surface area contributed by atoms with Crippen molar-refractivity contribution in [1.29, 1.82) is 0 Å². The highest BCUT2D eigenvalue weighted by atomic mass is 35.5. The van der Waals surface area contributed by atoms with Gasteiger partial charge in [-0.1, -0.05) is 35.9 Å². The van der Waals surface area contributed by atoms with Crippen LogP contribution in [-0.2, 0) is 6.42 Å². The van der Waals surface area contributed by atoms with Crippen LogP contribution in [0.5, 0.6) is 5.75 Å². The molecule has 3 heteroatoms. The summed E-state index contributed by atoms with van der Waals surface area (Å²) < 4.78 is 5.66. The number of anilines is 1. The maximum Gasteiger partial charge on any atom is 0.129 e. The molecule has 0 atom stereocenters. The van der Waals surface area contributed by atoms with E-state index in [1.54, 1.807) is 0 Å². The number of ether oxygens (including phenoxy) is 1. The van der Waals surface area contributed by atoms with E-state index in [1.165, 1.54) is 5.56 Å². The summed E-state index contributed by atoms with van der Waals surface area (Å²) in [6, 6.07) is 11.6. The van der Waals surface area contributed by atoms with Gasteiger partial charge in [0.2, 0.25) is 0 Å². The molecule has 19 heavy (non-hydrogen) atoms. The summed E-state index contributed by atoms with van der Waals surface area (Å²) in [7, 11) is 0. The van der Waals surface area contributed by atoms with Crippen molar-refractivity contribution >= 4 is 29.4 Å². The Morgan fingerprint density at radius 1 is 1.11 bits per heavy atom. The monoisotopic (exact) mass is 271 g/mol. The number of nitrogen functional groups attached to an aromatic ring is 1. The van der Waals surface area contributed by atoms with E-state index in [0.717, 1.165) is 40.6 Å². The Labute approximate surface area is 117 Å². The van der Waals surface area contributed by atoms with E-state index in [0.29, 0.717) is 0 Å². The zero-order valence-electron chi connectivity index (χ0n) is 10.4. The quantitative estimate of drug-likeness (QED) is 0.661. The van der Waals surface area contributed by atoms with E-state index in [9.17, 15) is 0 Å². The Morgan fingerprint density at radius 2 is 1.89 bits per heavy atom. The highest BCUT2D eigenvalue weighted by Crippen LogP contribution is 2.33. The highest BCUT2D eigenvalue weighted by molar-refractivity contribution is 6.30. The lowest BCUT2D eigenvalue weighted by molar-refractivity contribution is 0.356. The van der Waals surface area contributed by atoms with Crippen LogP contribution in [0.15, 0.2) is 36.4 Å². The third kappa shape index (κ3) is 2.59. The molecule has 0 saturated heterocycles. The molecule has 1 heterocycles. The van der Waals surface area contributed by atoms with E-state index in [4.69, 9.17) is 22.1 Å². The number of benzene rings is 2. The molecule has 3 rings (SSSR count). The molecule has 2 N–H and O–H groups in total. The summed E-state index contributed by atoms with van der Waals surface area (Å²) in [6.45, 7) is 0.737. The van der Waals surface area contributed by atoms with Gasteiger partial charge in [0.1, 0.15) is 5.75 Å². The van der Waals surface area contributed by atoms with Crippen LogP contribution >= 0.6 is 11.6 Å². The fourth-order valence-electron chi connectivity index (χ4n) is 2.25. The van der Waals surface area contributed by atoms with Gasteiger partial charge in [-0.15, -0.1) is 0 Å². The smallest absolute Gasteiger partial charge is 0.129 e. The number of halogens is 1. The molecule has 0 aromatic heterocycles. The Morgan fingerprint density at radius 3 is 2.68 bits per heavy atom. The maximum absolute atomic E-state index is 5.91. The van der Waals surface area contributed by atoms with Crippen LogP contribution in [-0.4, -0.2) is 6.61 Å². The van der Waals surface area contributed by atoms with Crippen molar-refractivity contribution in [2.45, 2.75) is 6.42 Å². The Bertz CT molecular complexity index is 632. The summed E-state index contributed by atoms with van der Waals surface area (Å²) in [5, 5.41) is 0.741. The molecule has 2 nitrogen and oxygen atoms in total. The van der Waals surface area contributed by atoms with Gasteiger partial charge in [-0.3, -0.25) is 0 Å². The van der Waals surface area contributed by atoms with Crippen LogP contribution in [0.25, 0.3) is 12.2 Å². The van der Waals surface area contributed by atoms with Gasteiger partial charge >= 0.3 is 0 Å². The topological polar surface area (TPSA) is 35.2 Å². The molecular formula is C16H14ClNO. The molecule has 1 aliphatic heterocycles. The van der Waals surface area contributed by atoms with Crippen molar-refractivity contribution < 1.29 is 4.74 Å². The molecule has 2 aromatic carbocycles. The van der Waals surface area contributed by atoms with Gasteiger partial charge in [0.15, 0.2) is 0 Å². The average molecular weight is 272 g/mol. The van der Waals surface area contributed by atoms with Gasteiger partial charge in [-0.25, -0.2) is 0 Å². The van der Waals surface area contributed by atoms with Gasteiger partial charge in [0.05, 0.1) is 6.61 Å². The second-order valence-electron chi connectivity index (χ2n) is 4.58.